The Balaban J connectivity index is 1.87. The first-order chi connectivity index (χ1) is 7.29. The third-order valence-corrected chi connectivity index (χ3v) is 1.93. The zero-order valence-corrected chi connectivity index (χ0v) is 8.48. The minimum absolute atomic E-state index is 0.255. The second kappa shape index (κ2) is 6.94. The van der Waals surface area contributed by atoms with Crippen molar-refractivity contribution in [2.24, 2.45) is 0 Å². The van der Waals surface area contributed by atoms with E-state index in [-0.39, 0.29) is 6.42 Å². The molecule has 0 amide bonds. The monoisotopic (exact) mass is 213 g/mol. The Labute approximate surface area is 87.7 Å². The van der Waals surface area contributed by atoms with Gasteiger partial charge in [-0.2, -0.15) is 4.98 Å². The molecule has 1 aromatic rings. The Morgan fingerprint density at radius 1 is 1.47 bits per heavy atom. The SMILES string of the molecule is O=C(O)CCCCCNCc1ncon1. The lowest BCUT2D eigenvalue weighted by Crippen LogP contribution is -2.15. The molecule has 6 nitrogen and oxygen atoms in total. The molecule has 6 heteroatoms. The maximum atomic E-state index is 10.2. The molecule has 0 atom stereocenters. The molecule has 0 bridgehead atoms. The van der Waals surface area contributed by atoms with E-state index in [0.29, 0.717) is 12.4 Å². The molecular formula is C9H15N3O3. The molecule has 15 heavy (non-hydrogen) atoms. The molecule has 2 N–H and O–H groups in total. The number of hydrogen-bond acceptors (Lipinski definition) is 5. The largest absolute Gasteiger partial charge is 0.481 e. The number of hydrogen-bond donors (Lipinski definition) is 2. The predicted molar refractivity (Wildman–Crippen MR) is 52.1 cm³/mol. The number of rotatable bonds is 8. The quantitative estimate of drug-likeness (QED) is 0.621. The molecular weight excluding hydrogens is 198 g/mol. The van der Waals surface area contributed by atoms with E-state index in [1.807, 2.05) is 0 Å². The maximum absolute atomic E-state index is 10.2. The van der Waals surface area contributed by atoms with Gasteiger partial charge in [0.1, 0.15) is 0 Å². The number of nitrogens with zero attached hydrogens (tertiary/aromatic N) is 2. The van der Waals surface area contributed by atoms with Crippen LogP contribution in [0.2, 0.25) is 0 Å². The summed E-state index contributed by atoms with van der Waals surface area (Å²) in [5.41, 5.74) is 0. The Kier molecular flexibility index (Phi) is 5.39. The molecule has 0 fully saturated rings. The maximum Gasteiger partial charge on any atom is 0.303 e. The zero-order chi connectivity index (χ0) is 10.9. The van der Waals surface area contributed by atoms with Gasteiger partial charge < -0.3 is 14.9 Å². The summed E-state index contributed by atoms with van der Waals surface area (Å²) in [5, 5.41) is 15.2. The topological polar surface area (TPSA) is 88.2 Å². The molecule has 0 unspecified atom stereocenters. The first-order valence-electron chi connectivity index (χ1n) is 4.97. The van der Waals surface area contributed by atoms with Gasteiger partial charge in [0.05, 0.1) is 6.54 Å². The van der Waals surface area contributed by atoms with Gasteiger partial charge in [-0.15, -0.1) is 0 Å². The first-order valence-corrected chi connectivity index (χ1v) is 4.97. The van der Waals surface area contributed by atoms with Gasteiger partial charge in [0.2, 0.25) is 6.39 Å². The number of carbonyl (C=O) groups is 1. The first kappa shape index (κ1) is 11.6. The van der Waals surface area contributed by atoms with Crippen LogP contribution in [-0.2, 0) is 11.3 Å². The molecule has 0 spiro atoms. The minimum atomic E-state index is -0.727. The number of nitrogens with one attached hydrogen (secondary N) is 1. The van der Waals surface area contributed by atoms with Crippen LogP contribution in [0, 0.1) is 0 Å². The van der Waals surface area contributed by atoms with Gasteiger partial charge in [-0.1, -0.05) is 11.6 Å². The van der Waals surface area contributed by atoms with Crippen LogP contribution < -0.4 is 5.32 Å². The molecule has 0 saturated carbocycles. The zero-order valence-electron chi connectivity index (χ0n) is 8.48. The van der Waals surface area contributed by atoms with Crippen molar-refractivity contribution in [1.82, 2.24) is 15.5 Å². The van der Waals surface area contributed by atoms with E-state index in [0.717, 1.165) is 25.8 Å². The van der Waals surface area contributed by atoms with Gasteiger partial charge in [-0.3, -0.25) is 4.79 Å². The van der Waals surface area contributed by atoms with Gasteiger partial charge in [-0.25, -0.2) is 0 Å². The molecule has 1 aromatic heterocycles. The highest BCUT2D eigenvalue weighted by Crippen LogP contribution is 1.98. The van der Waals surface area contributed by atoms with E-state index >= 15 is 0 Å². The van der Waals surface area contributed by atoms with Crippen LogP contribution in [0.25, 0.3) is 0 Å². The minimum Gasteiger partial charge on any atom is -0.481 e. The van der Waals surface area contributed by atoms with Crippen molar-refractivity contribution < 1.29 is 14.4 Å². The lowest BCUT2D eigenvalue weighted by atomic mass is 10.2. The second-order valence-electron chi connectivity index (χ2n) is 3.23. The summed E-state index contributed by atoms with van der Waals surface area (Å²) in [4.78, 5) is 14.1. The van der Waals surface area contributed by atoms with E-state index in [9.17, 15) is 4.79 Å². The summed E-state index contributed by atoms with van der Waals surface area (Å²) in [5.74, 6) is -0.0877. The van der Waals surface area contributed by atoms with Crippen molar-refractivity contribution in [2.45, 2.75) is 32.2 Å². The fraction of sp³-hybridized carbons (Fsp3) is 0.667. The van der Waals surface area contributed by atoms with Crippen LogP contribution in [0.3, 0.4) is 0 Å². The number of carboxylic acids is 1. The van der Waals surface area contributed by atoms with E-state index in [4.69, 9.17) is 5.11 Å². The van der Waals surface area contributed by atoms with Crippen molar-refractivity contribution in [3.05, 3.63) is 12.2 Å². The van der Waals surface area contributed by atoms with Crippen LogP contribution in [-0.4, -0.2) is 27.8 Å². The van der Waals surface area contributed by atoms with Crippen LogP contribution in [0.4, 0.5) is 0 Å². The number of aromatic nitrogens is 2. The molecule has 84 valence electrons. The molecule has 0 aromatic carbocycles. The molecule has 0 radical (unpaired) electrons. The standard InChI is InChI=1S/C9H15N3O3/c13-9(14)4-2-1-3-5-10-6-8-11-7-15-12-8/h7,10H,1-6H2,(H,13,14). The van der Waals surface area contributed by atoms with E-state index in [1.165, 1.54) is 6.39 Å². The number of unbranched alkanes of at least 4 members (excludes halogenated alkanes) is 2. The Bertz CT molecular complexity index is 274. The summed E-state index contributed by atoms with van der Waals surface area (Å²) in [6, 6.07) is 0. The molecule has 0 saturated heterocycles. The van der Waals surface area contributed by atoms with Gasteiger partial charge in [0.15, 0.2) is 5.82 Å². The summed E-state index contributed by atoms with van der Waals surface area (Å²) in [6.45, 7) is 1.43. The van der Waals surface area contributed by atoms with Gasteiger partial charge in [0.25, 0.3) is 0 Å². The van der Waals surface area contributed by atoms with Crippen molar-refractivity contribution >= 4 is 5.97 Å². The molecule has 0 aliphatic carbocycles. The van der Waals surface area contributed by atoms with Gasteiger partial charge >= 0.3 is 5.97 Å². The van der Waals surface area contributed by atoms with Crippen LogP contribution in [0.1, 0.15) is 31.5 Å². The van der Waals surface area contributed by atoms with E-state index in [1.54, 1.807) is 0 Å². The van der Waals surface area contributed by atoms with Crippen LogP contribution in [0.15, 0.2) is 10.9 Å². The van der Waals surface area contributed by atoms with E-state index in [2.05, 4.69) is 20.0 Å². The number of aliphatic carboxylic acids is 1. The molecule has 1 rings (SSSR count). The molecule has 1 heterocycles. The third-order valence-electron chi connectivity index (χ3n) is 1.93. The third kappa shape index (κ3) is 5.79. The smallest absolute Gasteiger partial charge is 0.303 e. The summed E-state index contributed by atoms with van der Waals surface area (Å²) >= 11 is 0. The average Bonchev–Trinajstić information content (AvgIpc) is 2.68. The van der Waals surface area contributed by atoms with Crippen molar-refractivity contribution in [1.29, 1.82) is 0 Å². The highest BCUT2D eigenvalue weighted by Gasteiger charge is 1.98. The lowest BCUT2D eigenvalue weighted by Gasteiger charge is -2.00. The Morgan fingerprint density at radius 3 is 3.00 bits per heavy atom. The van der Waals surface area contributed by atoms with E-state index < -0.39 is 5.97 Å². The van der Waals surface area contributed by atoms with Crippen molar-refractivity contribution in [3.63, 3.8) is 0 Å². The fourth-order valence-corrected chi connectivity index (χ4v) is 1.17. The summed E-state index contributed by atoms with van der Waals surface area (Å²) < 4.78 is 4.57. The Morgan fingerprint density at radius 2 is 2.33 bits per heavy atom. The Hall–Kier alpha value is -1.43. The fourth-order valence-electron chi connectivity index (χ4n) is 1.17. The highest BCUT2D eigenvalue weighted by molar-refractivity contribution is 5.66. The van der Waals surface area contributed by atoms with Gasteiger partial charge in [-0.05, 0) is 19.4 Å². The van der Waals surface area contributed by atoms with Crippen molar-refractivity contribution in [2.75, 3.05) is 6.54 Å². The molecule has 0 aliphatic rings. The summed E-state index contributed by atoms with van der Waals surface area (Å²) in [7, 11) is 0. The summed E-state index contributed by atoms with van der Waals surface area (Å²) in [6.07, 6.45) is 4.17. The van der Waals surface area contributed by atoms with Gasteiger partial charge in [0, 0.05) is 6.42 Å². The normalized spacial score (nSPS) is 10.4. The lowest BCUT2D eigenvalue weighted by molar-refractivity contribution is -0.137. The van der Waals surface area contributed by atoms with Crippen molar-refractivity contribution in [3.8, 4) is 0 Å². The molecule has 0 aliphatic heterocycles. The second-order valence-corrected chi connectivity index (χ2v) is 3.23. The predicted octanol–water partition coefficient (Wildman–Crippen LogP) is 0.804. The van der Waals surface area contributed by atoms with Crippen LogP contribution in [0.5, 0.6) is 0 Å². The van der Waals surface area contributed by atoms with Crippen LogP contribution >= 0.6 is 0 Å². The highest BCUT2D eigenvalue weighted by atomic mass is 16.5. The average molecular weight is 213 g/mol. The number of carboxylic acid groups (broad SMARTS) is 1.